The highest BCUT2D eigenvalue weighted by Crippen LogP contribution is 2.24. The molecule has 8 heteroatoms. The Morgan fingerprint density at radius 3 is 2.70 bits per heavy atom. The fourth-order valence-corrected chi connectivity index (χ4v) is 3.16. The van der Waals surface area contributed by atoms with Crippen LogP contribution < -0.4 is 5.32 Å². The van der Waals surface area contributed by atoms with Crippen molar-refractivity contribution in [3.8, 4) is 11.4 Å². The maximum Gasteiger partial charge on any atom is 0.256 e. The SMILES string of the molecule is Cc1cc(C(=O)Nc2cccc(-c3n[nH]c(C)n3)c2)c2c(C)nn(C)c2n1. The van der Waals surface area contributed by atoms with Gasteiger partial charge >= 0.3 is 0 Å². The number of pyridine rings is 1. The third kappa shape index (κ3) is 3.05. The highest BCUT2D eigenvalue weighted by molar-refractivity contribution is 6.12. The van der Waals surface area contributed by atoms with Crippen LogP contribution in [0.1, 0.15) is 27.6 Å². The van der Waals surface area contributed by atoms with E-state index in [1.807, 2.05) is 52.1 Å². The predicted octanol–water partition coefficient (Wildman–Crippen LogP) is 2.93. The third-order valence-electron chi connectivity index (χ3n) is 4.32. The number of hydrogen-bond acceptors (Lipinski definition) is 5. The Balaban J connectivity index is 1.70. The minimum absolute atomic E-state index is 0.204. The molecule has 1 aromatic carbocycles. The highest BCUT2D eigenvalue weighted by atomic mass is 16.1. The molecule has 0 atom stereocenters. The monoisotopic (exact) mass is 361 g/mol. The molecule has 2 N–H and O–H groups in total. The number of carbonyl (C=O) groups is 1. The molecule has 0 spiro atoms. The van der Waals surface area contributed by atoms with Crippen molar-refractivity contribution < 1.29 is 4.79 Å². The molecule has 3 heterocycles. The number of H-pyrrole nitrogens is 1. The Labute approximate surface area is 155 Å². The van der Waals surface area contributed by atoms with Crippen molar-refractivity contribution in [1.29, 1.82) is 0 Å². The number of amides is 1. The summed E-state index contributed by atoms with van der Waals surface area (Å²) in [6.07, 6.45) is 0. The molecule has 4 aromatic rings. The topological polar surface area (TPSA) is 101 Å². The van der Waals surface area contributed by atoms with Gasteiger partial charge in [0.1, 0.15) is 5.82 Å². The number of rotatable bonds is 3. The van der Waals surface area contributed by atoms with E-state index in [0.29, 0.717) is 22.7 Å². The Morgan fingerprint density at radius 2 is 1.96 bits per heavy atom. The van der Waals surface area contributed by atoms with Crippen LogP contribution in [0.25, 0.3) is 22.4 Å². The van der Waals surface area contributed by atoms with Crippen LogP contribution in [0, 0.1) is 20.8 Å². The van der Waals surface area contributed by atoms with Gasteiger partial charge in [0.2, 0.25) is 0 Å². The zero-order valence-electron chi connectivity index (χ0n) is 15.5. The van der Waals surface area contributed by atoms with E-state index in [1.165, 1.54) is 0 Å². The lowest BCUT2D eigenvalue weighted by molar-refractivity contribution is 0.102. The van der Waals surface area contributed by atoms with Crippen LogP contribution in [0.2, 0.25) is 0 Å². The molecule has 0 saturated carbocycles. The van der Waals surface area contributed by atoms with Gasteiger partial charge < -0.3 is 5.32 Å². The lowest BCUT2D eigenvalue weighted by atomic mass is 10.1. The Hall–Kier alpha value is -3.55. The third-order valence-corrected chi connectivity index (χ3v) is 4.32. The zero-order valence-corrected chi connectivity index (χ0v) is 15.5. The molecule has 0 aliphatic carbocycles. The van der Waals surface area contributed by atoms with Crippen molar-refractivity contribution in [1.82, 2.24) is 29.9 Å². The Morgan fingerprint density at radius 1 is 1.15 bits per heavy atom. The number of aryl methyl sites for hydroxylation is 4. The van der Waals surface area contributed by atoms with Crippen molar-refractivity contribution in [3.05, 3.63) is 53.1 Å². The van der Waals surface area contributed by atoms with Crippen LogP contribution in [0.3, 0.4) is 0 Å². The molecule has 0 bridgehead atoms. The summed E-state index contributed by atoms with van der Waals surface area (Å²) in [7, 11) is 1.83. The van der Waals surface area contributed by atoms with Crippen molar-refractivity contribution >= 4 is 22.6 Å². The lowest BCUT2D eigenvalue weighted by Gasteiger charge is -2.08. The van der Waals surface area contributed by atoms with E-state index >= 15 is 0 Å². The van der Waals surface area contributed by atoms with Gasteiger partial charge in [-0.3, -0.25) is 14.6 Å². The van der Waals surface area contributed by atoms with E-state index in [2.05, 4.69) is 30.6 Å². The van der Waals surface area contributed by atoms with Crippen molar-refractivity contribution in [3.63, 3.8) is 0 Å². The van der Waals surface area contributed by atoms with Gasteiger partial charge in [-0.15, -0.1) is 0 Å². The summed E-state index contributed by atoms with van der Waals surface area (Å²) in [4.78, 5) is 21.8. The van der Waals surface area contributed by atoms with Crippen LogP contribution in [0.5, 0.6) is 0 Å². The van der Waals surface area contributed by atoms with Crippen molar-refractivity contribution in [2.24, 2.45) is 7.05 Å². The summed E-state index contributed by atoms with van der Waals surface area (Å²) < 4.78 is 1.70. The van der Waals surface area contributed by atoms with Crippen molar-refractivity contribution in [2.75, 3.05) is 5.32 Å². The summed E-state index contributed by atoms with van der Waals surface area (Å²) in [5, 5.41) is 15.1. The Bertz CT molecular complexity index is 1170. The summed E-state index contributed by atoms with van der Waals surface area (Å²) in [5.41, 5.74) is 4.29. The van der Waals surface area contributed by atoms with E-state index in [9.17, 15) is 4.79 Å². The summed E-state index contributed by atoms with van der Waals surface area (Å²) in [6, 6.07) is 9.23. The zero-order chi connectivity index (χ0) is 19.1. The summed E-state index contributed by atoms with van der Waals surface area (Å²) >= 11 is 0. The lowest BCUT2D eigenvalue weighted by Crippen LogP contribution is -2.13. The molecule has 4 rings (SSSR count). The van der Waals surface area contributed by atoms with Gasteiger partial charge in [0, 0.05) is 24.0 Å². The molecule has 1 amide bonds. The number of benzene rings is 1. The number of anilines is 1. The minimum Gasteiger partial charge on any atom is -0.322 e. The summed E-state index contributed by atoms with van der Waals surface area (Å²) in [5.74, 6) is 1.12. The molecule has 136 valence electrons. The van der Waals surface area contributed by atoms with E-state index < -0.39 is 0 Å². The van der Waals surface area contributed by atoms with Gasteiger partial charge in [0.05, 0.1) is 16.6 Å². The van der Waals surface area contributed by atoms with Gasteiger partial charge in [-0.1, -0.05) is 12.1 Å². The number of nitrogens with one attached hydrogen (secondary N) is 2. The maximum atomic E-state index is 13.0. The normalized spacial score (nSPS) is 11.1. The van der Waals surface area contributed by atoms with Crippen LogP contribution >= 0.6 is 0 Å². The van der Waals surface area contributed by atoms with E-state index in [4.69, 9.17) is 0 Å². The molecular weight excluding hydrogens is 342 g/mol. The molecule has 3 aromatic heterocycles. The standard InChI is InChI=1S/C19H19N7O/c1-10-8-15(16-11(2)25-26(4)18(16)20-10)19(27)22-14-7-5-6-13(9-14)17-21-12(3)23-24-17/h5-9H,1-4H3,(H,22,27)(H,21,23,24). The van der Waals surface area contributed by atoms with Crippen LogP contribution in [0.4, 0.5) is 5.69 Å². The molecule has 0 aliphatic rings. The minimum atomic E-state index is -0.204. The maximum absolute atomic E-state index is 13.0. The fraction of sp³-hybridized carbons (Fsp3) is 0.211. The molecule has 0 fully saturated rings. The summed E-state index contributed by atoms with van der Waals surface area (Å²) in [6.45, 7) is 5.59. The average molecular weight is 361 g/mol. The van der Waals surface area contributed by atoms with Gasteiger partial charge in [0.25, 0.3) is 5.91 Å². The van der Waals surface area contributed by atoms with Crippen LogP contribution in [0.15, 0.2) is 30.3 Å². The molecule has 27 heavy (non-hydrogen) atoms. The molecule has 8 nitrogen and oxygen atoms in total. The van der Waals surface area contributed by atoms with E-state index in [0.717, 1.165) is 28.2 Å². The number of fused-ring (bicyclic) bond motifs is 1. The Kier molecular flexibility index (Phi) is 3.95. The highest BCUT2D eigenvalue weighted by Gasteiger charge is 2.18. The molecular formula is C19H19N7O. The molecule has 0 aliphatic heterocycles. The van der Waals surface area contributed by atoms with Crippen molar-refractivity contribution in [2.45, 2.75) is 20.8 Å². The van der Waals surface area contributed by atoms with Crippen LogP contribution in [-0.2, 0) is 7.05 Å². The number of hydrogen-bond donors (Lipinski definition) is 2. The first-order valence-corrected chi connectivity index (χ1v) is 8.54. The number of nitrogens with zero attached hydrogens (tertiary/aromatic N) is 5. The van der Waals surface area contributed by atoms with E-state index in [-0.39, 0.29) is 5.91 Å². The largest absolute Gasteiger partial charge is 0.322 e. The van der Waals surface area contributed by atoms with E-state index in [1.54, 1.807) is 10.7 Å². The van der Waals surface area contributed by atoms with Gasteiger partial charge in [-0.05, 0) is 39.0 Å². The van der Waals surface area contributed by atoms with Gasteiger partial charge in [-0.2, -0.15) is 10.2 Å². The predicted molar refractivity (Wildman–Crippen MR) is 102 cm³/mol. The van der Waals surface area contributed by atoms with Crippen LogP contribution in [-0.4, -0.2) is 35.9 Å². The molecule has 0 saturated heterocycles. The first-order valence-electron chi connectivity index (χ1n) is 8.54. The smallest absolute Gasteiger partial charge is 0.256 e. The second-order valence-corrected chi connectivity index (χ2v) is 6.50. The fourth-order valence-electron chi connectivity index (χ4n) is 3.16. The van der Waals surface area contributed by atoms with Gasteiger partial charge in [0.15, 0.2) is 11.5 Å². The number of aromatic nitrogens is 6. The molecule has 0 radical (unpaired) electrons. The number of carbonyl (C=O) groups excluding carboxylic acids is 1. The first-order chi connectivity index (χ1) is 12.9. The number of aromatic amines is 1. The average Bonchev–Trinajstić information content (AvgIpc) is 3.18. The second-order valence-electron chi connectivity index (χ2n) is 6.50. The first kappa shape index (κ1) is 16.9. The molecule has 0 unspecified atom stereocenters. The van der Waals surface area contributed by atoms with Gasteiger partial charge in [-0.25, -0.2) is 9.97 Å². The second kappa shape index (κ2) is 6.31. The quantitative estimate of drug-likeness (QED) is 0.584.